The molecular weight excluding hydrogens is 339 g/mol. The summed E-state index contributed by atoms with van der Waals surface area (Å²) in [5.74, 6) is 0.884. The number of fused-ring (bicyclic) bond motifs is 1. The molecule has 0 aliphatic heterocycles. The van der Waals surface area contributed by atoms with E-state index in [9.17, 15) is 19.4 Å². The average Bonchev–Trinajstić information content (AvgIpc) is 2.88. The normalized spacial score (nSPS) is 15.2. The molecule has 0 atom stereocenters. The molecule has 0 saturated heterocycles. The maximum Gasteiger partial charge on any atom is 0.310 e. The zero-order chi connectivity index (χ0) is 16.9. The molecule has 0 amide bonds. The van der Waals surface area contributed by atoms with Gasteiger partial charge >= 0.3 is 10.2 Å². The predicted octanol–water partition coefficient (Wildman–Crippen LogP) is 5.90. The molecule has 0 spiro atoms. The van der Waals surface area contributed by atoms with Crippen LogP contribution in [0.15, 0.2) is 47.4 Å². The summed E-state index contributed by atoms with van der Waals surface area (Å²) in [6.45, 7) is 0. The molecule has 1 heterocycles. The molecular formula is C14H11F5N2OS. The zero-order valence-corrected chi connectivity index (χ0v) is 12.5. The van der Waals surface area contributed by atoms with Crippen molar-refractivity contribution in [3.63, 3.8) is 0 Å². The van der Waals surface area contributed by atoms with Crippen molar-refractivity contribution in [2.45, 2.75) is 4.90 Å². The number of aromatic amines is 1. The first-order valence-electron chi connectivity index (χ1n) is 6.34. The van der Waals surface area contributed by atoms with Gasteiger partial charge in [-0.05, 0) is 42.5 Å². The van der Waals surface area contributed by atoms with Crippen molar-refractivity contribution in [2.24, 2.45) is 0 Å². The Kier molecular flexibility index (Phi) is 2.82. The molecule has 23 heavy (non-hydrogen) atoms. The highest BCUT2D eigenvalue weighted by Crippen LogP contribution is 3.02. The van der Waals surface area contributed by atoms with Crippen molar-refractivity contribution in [3.8, 4) is 17.1 Å². The van der Waals surface area contributed by atoms with Crippen LogP contribution >= 0.6 is 10.2 Å². The summed E-state index contributed by atoms with van der Waals surface area (Å²) in [5.41, 5.74) is 0.652. The first-order valence-corrected chi connectivity index (χ1v) is 8.30. The molecule has 3 aromatic rings. The third kappa shape index (κ3) is 3.09. The summed E-state index contributed by atoms with van der Waals surface area (Å²) in [5, 5.41) is 0. The van der Waals surface area contributed by atoms with Crippen LogP contribution in [-0.2, 0) is 0 Å². The number of halogens is 5. The number of rotatable bonds is 3. The van der Waals surface area contributed by atoms with E-state index in [0.29, 0.717) is 23.4 Å². The van der Waals surface area contributed by atoms with E-state index in [0.717, 1.165) is 6.07 Å². The van der Waals surface area contributed by atoms with Gasteiger partial charge in [0, 0.05) is 5.56 Å². The molecule has 0 radical (unpaired) electrons. The van der Waals surface area contributed by atoms with Crippen molar-refractivity contribution < 1.29 is 24.2 Å². The summed E-state index contributed by atoms with van der Waals surface area (Å²) in [7, 11) is -8.21. The second-order valence-electron chi connectivity index (χ2n) is 4.96. The number of aromatic nitrogens is 2. The number of hydrogen-bond donors (Lipinski definition) is 1. The fourth-order valence-electron chi connectivity index (χ4n) is 2.11. The number of ether oxygens (including phenoxy) is 1. The zero-order valence-electron chi connectivity index (χ0n) is 11.7. The number of benzene rings is 2. The molecule has 0 bridgehead atoms. The van der Waals surface area contributed by atoms with Gasteiger partial charge in [-0.15, -0.1) is 0 Å². The van der Waals surface area contributed by atoms with Crippen LogP contribution in [0.5, 0.6) is 5.75 Å². The number of methoxy groups -OCH3 is 1. The monoisotopic (exact) mass is 350 g/mol. The van der Waals surface area contributed by atoms with Gasteiger partial charge in [0.05, 0.1) is 18.1 Å². The van der Waals surface area contributed by atoms with Crippen LogP contribution in [0.3, 0.4) is 0 Å². The van der Waals surface area contributed by atoms with Crippen LogP contribution in [0.2, 0.25) is 0 Å². The molecule has 3 nitrogen and oxygen atoms in total. The second kappa shape index (κ2) is 4.16. The lowest BCUT2D eigenvalue weighted by Crippen LogP contribution is -2.05. The summed E-state index contributed by atoms with van der Waals surface area (Å²) in [6, 6.07) is 8.28. The van der Waals surface area contributed by atoms with Crippen LogP contribution in [0.25, 0.3) is 22.4 Å². The molecule has 2 aromatic carbocycles. The fraction of sp³-hybridized carbons (Fsp3) is 0.0714. The number of hydrogen-bond acceptors (Lipinski definition) is 2. The van der Waals surface area contributed by atoms with Crippen molar-refractivity contribution in [2.75, 3.05) is 7.11 Å². The van der Waals surface area contributed by atoms with Crippen molar-refractivity contribution in [3.05, 3.63) is 42.5 Å². The van der Waals surface area contributed by atoms with Crippen LogP contribution < -0.4 is 4.74 Å². The highest BCUT2D eigenvalue weighted by molar-refractivity contribution is 8.45. The van der Waals surface area contributed by atoms with Gasteiger partial charge in [-0.2, -0.15) is 0 Å². The van der Waals surface area contributed by atoms with Crippen molar-refractivity contribution in [1.29, 1.82) is 0 Å². The molecule has 1 N–H and O–H groups in total. The fourth-order valence-corrected chi connectivity index (χ4v) is 2.78. The maximum absolute atomic E-state index is 12.8. The topological polar surface area (TPSA) is 37.9 Å². The quantitative estimate of drug-likeness (QED) is 0.598. The summed E-state index contributed by atoms with van der Waals surface area (Å²) in [6.07, 6.45) is 0. The Hall–Kier alpha value is -2.29. The highest BCUT2D eigenvalue weighted by atomic mass is 32.5. The van der Waals surface area contributed by atoms with Gasteiger partial charge in [0.1, 0.15) is 16.5 Å². The highest BCUT2D eigenvalue weighted by Gasteiger charge is 2.65. The number of imidazole rings is 1. The van der Waals surface area contributed by atoms with Crippen LogP contribution in [0.1, 0.15) is 0 Å². The van der Waals surface area contributed by atoms with Gasteiger partial charge < -0.3 is 9.72 Å². The van der Waals surface area contributed by atoms with E-state index in [-0.39, 0.29) is 16.9 Å². The number of H-pyrrole nitrogens is 1. The lowest BCUT2D eigenvalue weighted by atomic mass is 10.2. The summed E-state index contributed by atoms with van der Waals surface area (Å²) < 4.78 is 69.2. The molecule has 1 aromatic heterocycles. The van der Waals surface area contributed by atoms with Gasteiger partial charge in [-0.25, -0.2) is 4.98 Å². The third-order valence-electron chi connectivity index (χ3n) is 3.26. The first kappa shape index (κ1) is 15.6. The summed E-state index contributed by atoms with van der Waals surface area (Å²) >= 11 is 0. The van der Waals surface area contributed by atoms with E-state index in [2.05, 4.69) is 9.97 Å². The van der Waals surface area contributed by atoms with E-state index in [1.165, 1.54) is 7.11 Å². The summed E-state index contributed by atoms with van der Waals surface area (Å²) in [4.78, 5) is 4.80. The molecule has 124 valence electrons. The van der Waals surface area contributed by atoms with Gasteiger partial charge in [-0.3, -0.25) is 0 Å². The Labute approximate surface area is 127 Å². The van der Waals surface area contributed by atoms with E-state index in [4.69, 9.17) is 4.74 Å². The molecule has 3 rings (SSSR count). The molecule has 9 heteroatoms. The number of nitrogens with one attached hydrogen (secondary N) is 1. The van der Waals surface area contributed by atoms with Crippen LogP contribution in [-0.4, -0.2) is 17.1 Å². The van der Waals surface area contributed by atoms with Gasteiger partial charge in [0.2, 0.25) is 0 Å². The Morgan fingerprint density at radius 3 is 2.17 bits per heavy atom. The maximum atomic E-state index is 12.8. The molecule has 0 aliphatic rings. The molecule has 0 aliphatic carbocycles. The van der Waals surface area contributed by atoms with E-state index in [1.54, 1.807) is 24.3 Å². The van der Waals surface area contributed by atoms with E-state index < -0.39 is 15.1 Å². The Morgan fingerprint density at radius 2 is 1.61 bits per heavy atom. The largest absolute Gasteiger partial charge is 0.497 e. The average molecular weight is 350 g/mol. The lowest BCUT2D eigenvalue weighted by molar-refractivity contribution is 0.364. The Morgan fingerprint density at radius 1 is 0.957 bits per heavy atom. The Balaban J connectivity index is 2.09. The first-order chi connectivity index (χ1) is 10.5. The standard InChI is InChI=1S/C14H11F5N2OS/c1-22-10-4-2-9(3-5-10)14-20-12-7-6-11(8-13(12)21-14)23(15,16,17,18)19/h2-8H,1H3,(H,20,21). The molecule has 0 fully saturated rings. The molecule has 0 saturated carbocycles. The minimum Gasteiger partial charge on any atom is -0.497 e. The third-order valence-corrected chi connectivity index (χ3v) is 4.41. The predicted molar refractivity (Wildman–Crippen MR) is 79.5 cm³/mol. The van der Waals surface area contributed by atoms with Gasteiger partial charge in [-0.1, -0.05) is 19.4 Å². The Bertz CT molecular complexity index is 888. The van der Waals surface area contributed by atoms with Crippen molar-refractivity contribution in [1.82, 2.24) is 9.97 Å². The van der Waals surface area contributed by atoms with Crippen molar-refractivity contribution >= 4 is 21.3 Å². The van der Waals surface area contributed by atoms with Crippen LogP contribution in [0.4, 0.5) is 19.4 Å². The smallest absolute Gasteiger partial charge is 0.310 e. The van der Waals surface area contributed by atoms with E-state index >= 15 is 0 Å². The SMILES string of the molecule is COc1ccc(-c2nc3ccc(S(F)(F)(F)(F)F)cc3[nH]2)cc1. The lowest BCUT2D eigenvalue weighted by Gasteiger charge is -2.40. The number of nitrogens with zero attached hydrogens (tertiary/aromatic N) is 1. The second-order valence-corrected chi connectivity index (χ2v) is 7.37. The minimum atomic E-state index is -9.71. The molecule has 0 unspecified atom stereocenters. The van der Waals surface area contributed by atoms with Crippen LogP contribution in [0, 0.1) is 0 Å². The van der Waals surface area contributed by atoms with E-state index in [1.807, 2.05) is 0 Å². The van der Waals surface area contributed by atoms with Gasteiger partial charge in [0.25, 0.3) is 0 Å². The minimum absolute atomic E-state index is 0.110. The van der Waals surface area contributed by atoms with Gasteiger partial charge in [0.15, 0.2) is 0 Å².